The summed E-state index contributed by atoms with van der Waals surface area (Å²) in [6.07, 6.45) is 6.65. The third-order valence-corrected chi connectivity index (χ3v) is 4.59. The van der Waals surface area contributed by atoms with E-state index in [1.54, 1.807) is 0 Å². The number of aromatic nitrogens is 2. The molecule has 3 unspecified atom stereocenters. The van der Waals surface area contributed by atoms with E-state index in [0.29, 0.717) is 17.9 Å². The molecule has 4 nitrogen and oxygen atoms in total. The Kier molecular flexibility index (Phi) is 3.39. The molecule has 1 aromatic heterocycles. The first-order valence-electron chi connectivity index (χ1n) is 7.16. The molecule has 3 atom stereocenters. The molecule has 100 valence electrons. The van der Waals surface area contributed by atoms with Crippen molar-refractivity contribution in [1.29, 1.82) is 0 Å². The summed E-state index contributed by atoms with van der Waals surface area (Å²) < 4.78 is 2.47. The molecule has 2 fully saturated rings. The second kappa shape index (κ2) is 5.02. The first kappa shape index (κ1) is 12.2. The summed E-state index contributed by atoms with van der Waals surface area (Å²) in [7, 11) is 2.22. The molecule has 3 rings (SSSR count). The van der Waals surface area contributed by atoms with E-state index in [0.717, 1.165) is 13.1 Å². The summed E-state index contributed by atoms with van der Waals surface area (Å²) in [5.41, 5.74) is 1.45. The van der Waals surface area contributed by atoms with Crippen molar-refractivity contribution in [3.05, 3.63) is 18.2 Å². The number of imidazole rings is 1. The van der Waals surface area contributed by atoms with Crippen LogP contribution in [0.5, 0.6) is 0 Å². The fourth-order valence-electron chi connectivity index (χ4n) is 3.57. The molecule has 0 radical (unpaired) electrons. The predicted molar refractivity (Wildman–Crippen MR) is 72.8 cm³/mol. The largest absolute Gasteiger partial charge is 0.331 e. The van der Waals surface area contributed by atoms with Crippen LogP contribution in [0.4, 0.5) is 0 Å². The number of nitrogens with one attached hydrogen (secondary N) is 1. The molecule has 2 saturated heterocycles. The second-order valence-electron chi connectivity index (χ2n) is 6.01. The molecule has 0 bridgehead atoms. The standard InChI is InChI=1S/C14H24N4/c1-11-9-17(2)6-4-13(11)18-10-16-8-14(18)12-3-5-15-7-12/h8,10-13,15H,3-7,9H2,1-2H3. The van der Waals surface area contributed by atoms with Crippen molar-refractivity contribution in [2.24, 2.45) is 5.92 Å². The molecule has 0 saturated carbocycles. The van der Waals surface area contributed by atoms with Crippen LogP contribution in [0.3, 0.4) is 0 Å². The van der Waals surface area contributed by atoms with E-state index in [-0.39, 0.29) is 0 Å². The smallest absolute Gasteiger partial charge is 0.0951 e. The summed E-state index contributed by atoms with van der Waals surface area (Å²) in [5.74, 6) is 1.38. The van der Waals surface area contributed by atoms with Crippen LogP contribution in [0.25, 0.3) is 0 Å². The van der Waals surface area contributed by atoms with E-state index >= 15 is 0 Å². The van der Waals surface area contributed by atoms with Crippen molar-refractivity contribution in [2.75, 3.05) is 33.2 Å². The van der Waals surface area contributed by atoms with Crippen LogP contribution in [-0.2, 0) is 0 Å². The van der Waals surface area contributed by atoms with Gasteiger partial charge in [0.05, 0.1) is 6.33 Å². The number of hydrogen-bond acceptors (Lipinski definition) is 3. The first-order chi connectivity index (χ1) is 8.75. The van der Waals surface area contributed by atoms with Crippen molar-refractivity contribution in [3.63, 3.8) is 0 Å². The molecule has 4 heteroatoms. The van der Waals surface area contributed by atoms with Gasteiger partial charge in [0, 0.05) is 36.9 Å². The third kappa shape index (κ3) is 2.19. The fraction of sp³-hybridized carbons (Fsp3) is 0.786. The Bertz CT molecular complexity index is 394. The van der Waals surface area contributed by atoms with Crippen LogP contribution in [0.15, 0.2) is 12.5 Å². The van der Waals surface area contributed by atoms with Crippen LogP contribution < -0.4 is 5.32 Å². The lowest BCUT2D eigenvalue weighted by molar-refractivity contribution is 0.156. The molecule has 0 spiro atoms. The highest BCUT2D eigenvalue weighted by atomic mass is 15.2. The Morgan fingerprint density at radius 3 is 3.00 bits per heavy atom. The van der Waals surface area contributed by atoms with Gasteiger partial charge in [-0.3, -0.25) is 0 Å². The highest BCUT2D eigenvalue weighted by Gasteiger charge is 2.29. The van der Waals surface area contributed by atoms with Crippen molar-refractivity contribution in [3.8, 4) is 0 Å². The monoisotopic (exact) mass is 248 g/mol. The highest BCUT2D eigenvalue weighted by molar-refractivity contribution is 5.11. The van der Waals surface area contributed by atoms with Gasteiger partial charge < -0.3 is 14.8 Å². The number of likely N-dealkylation sites (tertiary alicyclic amines) is 1. The lowest BCUT2D eigenvalue weighted by atomic mass is 9.93. The van der Waals surface area contributed by atoms with Gasteiger partial charge in [-0.15, -0.1) is 0 Å². The topological polar surface area (TPSA) is 33.1 Å². The maximum atomic E-state index is 4.42. The van der Waals surface area contributed by atoms with Crippen molar-refractivity contribution >= 4 is 0 Å². The average Bonchev–Trinajstić information content (AvgIpc) is 2.98. The first-order valence-corrected chi connectivity index (χ1v) is 7.16. The highest BCUT2D eigenvalue weighted by Crippen LogP contribution is 2.32. The minimum absolute atomic E-state index is 0.638. The summed E-state index contributed by atoms with van der Waals surface area (Å²) in [4.78, 5) is 6.86. The minimum atomic E-state index is 0.638. The van der Waals surface area contributed by atoms with E-state index in [9.17, 15) is 0 Å². The fourth-order valence-corrected chi connectivity index (χ4v) is 3.57. The maximum absolute atomic E-state index is 4.42. The lowest BCUT2D eigenvalue weighted by Gasteiger charge is -2.36. The number of nitrogens with zero attached hydrogens (tertiary/aromatic N) is 3. The zero-order chi connectivity index (χ0) is 12.5. The Labute approximate surface area is 109 Å². The number of piperidine rings is 1. The third-order valence-electron chi connectivity index (χ3n) is 4.59. The maximum Gasteiger partial charge on any atom is 0.0951 e. The van der Waals surface area contributed by atoms with Gasteiger partial charge in [0.1, 0.15) is 0 Å². The van der Waals surface area contributed by atoms with Crippen LogP contribution in [0.2, 0.25) is 0 Å². The van der Waals surface area contributed by atoms with E-state index < -0.39 is 0 Å². The summed E-state index contributed by atoms with van der Waals surface area (Å²) in [6, 6.07) is 0.638. The van der Waals surface area contributed by atoms with Gasteiger partial charge in [-0.1, -0.05) is 6.92 Å². The molecule has 18 heavy (non-hydrogen) atoms. The molecule has 2 aliphatic rings. The van der Waals surface area contributed by atoms with Crippen LogP contribution in [0.1, 0.15) is 37.4 Å². The van der Waals surface area contributed by atoms with Gasteiger partial charge in [0.15, 0.2) is 0 Å². The van der Waals surface area contributed by atoms with Gasteiger partial charge in [0.25, 0.3) is 0 Å². The summed E-state index contributed by atoms with van der Waals surface area (Å²) >= 11 is 0. The number of hydrogen-bond donors (Lipinski definition) is 1. The van der Waals surface area contributed by atoms with Gasteiger partial charge in [-0.2, -0.15) is 0 Å². The number of rotatable bonds is 2. The molecular formula is C14H24N4. The van der Waals surface area contributed by atoms with Crippen molar-refractivity contribution in [1.82, 2.24) is 19.8 Å². The van der Waals surface area contributed by atoms with Crippen LogP contribution in [-0.4, -0.2) is 47.7 Å². The van der Waals surface area contributed by atoms with Crippen molar-refractivity contribution < 1.29 is 0 Å². The lowest BCUT2D eigenvalue weighted by Crippen LogP contribution is -2.38. The quantitative estimate of drug-likeness (QED) is 0.860. The van der Waals surface area contributed by atoms with Gasteiger partial charge in [0.2, 0.25) is 0 Å². The molecule has 2 aliphatic heterocycles. The molecule has 0 aromatic carbocycles. The molecule has 1 aromatic rings. The van der Waals surface area contributed by atoms with Crippen LogP contribution in [0, 0.1) is 5.92 Å². The zero-order valence-electron chi connectivity index (χ0n) is 11.5. The summed E-state index contributed by atoms with van der Waals surface area (Å²) in [5, 5.41) is 3.46. The SMILES string of the molecule is CC1CN(C)CCC1n1cncc1C1CCNC1. The van der Waals surface area contributed by atoms with Gasteiger partial charge in [-0.05, 0) is 38.9 Å². The Balaban J connectivity index is 1.81. The molecule has 3 heterocycles. The zero-order valence-corrected chi connectivity index (χ0v) is 11.5. The van der Waals surface area contributed by atoms with Gasteiger partial charge >= 0.3 is 0 Å². The summed E-state index contributed by atoms with van der Waals surface area (Å²) in [6.45, 7) is 7.04. The molecule has 1 N–H and O–H groups in total. The Morgan fingerprint density at radius 1 is 1.39 bits per heavy atom. The molecule has 0 aliphatic carbocycles. The second-order valence-corrected chi connectivity index (χ2v) is 6.01. The normalized spacial score (nSPS) is 34.0. The molecular weight excluding hydrogens is 224 g/mol. The van der Waals surface area contributed by atoms with E-state index in [1.807, 2.05) is 0 Å². The molecule has 0 amide bonds. The van der Waals surface area contributed by atoms with E-state index in [4.69, 9.17) is 0 Å². The van der Waals surface area contributed by atoms with E-state index in [1.165, 1.54) is 31.6 Å². The minimum Gasteiger partial charge on any atom is -0.331 e. The Hall–Kier alpha value is -0.870. The average molecular weight is 248 g/mol. The van der Waals surface area contributed by atoms with E-state index in [2.05, 4.69) is 46.3 Å². The predicted octanol–water partition coefficient (Wildman–Crippen LogP) is 1.47. The van der Waals surface area contributed by atoms with Gasteiger partial charge in [-0.25, -0.2) is 4.98 Å². The Morgan fingerprint density at radius 2 is 2.28 bits per heavy atom. The van der Waals surface area contributed by atoms with Crippen molar-refractivity contribution in [2.45, 2.75) is 31.7 Å². The van der Waals surface area contributed by atoms with Crippen LogP contribution >= 0.6 is 0 Å².